The first kappa shape index (κ1) is 12.2. The van der Waals surface area contributed by atoms with Gasteiger partial charge in [0.1, 0.15) is 0 Å². The van der Waals surface area contributed by atoms with E-state index >= 15 is 0 Å². The fourth-order valence-electron chi connectivity index (χ4n) is 2.52. The molecule has 3 heteroatoms. The minimum atomic E-state index is 0.706. The van der Waals surface area contributed by atoms with Crippen molar-refractivity contribution < 1.29 is 0 Å². The topological polar surface area (TPSA) is 37.8 Å². The number of nitrogens with one attached hydrogen (secondary N) is 1. The maximum atomic E-state index is 4.64. The molecule has 19 heavy (non-hydrogen) atoms. The van der Waals surface area contributed by atoms with Crippen LogP contribution in [0.25, 0.3) is 0 Å². The number of fused-ring (bicyclic) bond motifs is 1. The van der Waals surface area contributed by atoms with Crippen molar-refractivity contribution in [3.63, 3.8) is 0 Å². The largest absolute Gasteiger partial charge is 0.324 e. The van der Waals surface area contributed by atoms with Crippen LogP contribution < -0.4 is 5.32 Å². The number of hydrogen-bond donors (Lipinski definition) is 1. The van der Waals surface area contributed by atoms with Crippen LogP contribution in [0.2, 0.25) is 0 Å². The molecule has 0 radical (unpaired) electrons. The van der Waals surface area contributed by atoms with Crippen molar-refractivity contribution >= 4 is 11.6 Å². The van der Waals surface area contributed by atoms with Crippen molar-refractivity contribution in [3.8, 4) is 0 Å². The number of hydrogen-bond acceptors (Lipinski definition) is 3. The van der Waals surface area contributed by atoms with Gasteiger partial charge in [0.25, 0.3) is 0 Å². The molecule has 1 aromatic carbocycles. The summed E-state index contributed by atoms with van der Waals surface area (Å²) in [4.78, 5) is 9.07. The van der Waals surface area contributed by atoms with Crippen molar-refractivity contribution in [1.82, 2.24) is 9.97 Å². The van der Waals surface area contributed by atoms with Gasteiger partial charge in [0.15, 0.2) is 0 Å². The normalized spacial score (nSPS) is 17.9. The lowest BCUT2D eigenvalue weighted by Crippen LogP contribution is -2.14. The number of anilines is 2. The minimum Gasteiger partial charge on any atom is -0.324 e. The first-order valence-corrected chi connectivity index (χ1v) is 6.89. The van der Waals surface area contributed by atoms with Crippen LogP contribution >= 0.6 is 0 Å². The fourth-order valence-corrected chi connectivity index (χ4v) is 2.52. The molecule has 3 nitrogen and oxygen atoms in total. The zero-order valence-electron chi connectivity index (χ0n) is 11.5. The van der Waals surface area contributed by atoms with E-state index in [1.54, 1.807) is 0 Å². The summed E-state index contributed by atoms with van der Waals surface area (Å²) in [5, 5.41) is 3.27. The van der Waals surface area contributed by atoms with Crippen LogP contribution in [0.3, 0.4) is 0 Å². The van der Waals surface area contributed by atoms with E-state index in [9.17, 15) is 0 Å². The maximum absolute atomic E-state index is 4.64. The molecule has 0 fully saturated rings. The molecule has 1 aliphatic carbocycles. The van der Waals surface area contributed by atoms with Crippen LogP contribution in [-0.4, -0.2) is 9.97 Å². The second kappa shape index (κ2) is 5.00. The van der Waals surface area contributed by atoms with E-state index in [0.717, 1.165) is 24.4 Å². The van der Waals surface area contributed by atoms with Crippen LogP contribution in [0.1, 0.15) is 30.2 Å². The summed E-state index contributed by atoms with van der Waals surface area (Å²) in [5.74, 6) is 1.46. The van der Waals surface area contributed by atoms with Gasteiger partial charge in [-0.15, -0.1) is 0 Å². The molecule has 0 saturated carbocycles. The van der Waals surface area contributed by atoms with E-state index in [0.29, 0.717) is 5.95 Å². The molecule has 3 rings (SSSR count). The molecule has 1 N–H and O–H groups in total. The molecule has 0 bridgehead atoms. The molecule has 0 amide bonds. The first-order chi connectivity index (χ1) is 9.20. The SMILES string of the molecule is Cc1ccc(Nc2ncc3c(n2)CCC(C)C3)cc1. The lowest BCUT2D eigenvalue weighted by Gasteiger charge is -2.20. The Labute approximate surface area is 114 Å². The predicted molar refractivity (Wildman–Crippen MR) is 77.7 cm³/mol. The summed E-state index contributed by atoms with van der Waals surface area (Å²) in [6.07, 6.45) is 5.39. The Kier molecular flexibility index (Phi) is 3.20. The van der Waals surface area contributed by atoms with Gasteiger partial charge in [-0.3, -0.25) is 0 Å². The highest BCUT2D eigenvalue weighted by Crippen LogP contribution is 2.24. The van der Waals surface area contributed by atoms with Gasteiger partial charge in [-0.1, -0.05) is 24.6 Å². The highest BCUT2D eigenvalue weighted by Gasteiger charge is 2.17. The summed E-state index contributed by atoms with van der Waals surface area (Å²) < 4.78 is 0. The number of nitrogens with zero attached hydrogens (tertiary/aromatic N) is 2. The third-order valence-electron chi connectivity index (χ3n) is 3.70. The monoisotopic (exact) mass is 253 g/mol. The predicted octanol–water partition coefficient (Wildman–Crippen LogP) is 3.65. The summed E-state index contributed by atoms with van der Waals surface area (Å²) in [5.41, 5.74) is 4.82. The molecule has 0 spiro atoms. The van der Waals surface area contributed by atoms with Gasteiger partial charge in [-0.05, 0) is 49.8 Å². The van der Waals surface area contributed by atoms with Gasteiger partial charge in [0.2, 0.25) is 5.95 Å². The average molecular weight is 253 g/mol. The van der Waals surface area contributed by atoms with Gasteiger partial charge >= 0.3 is 0 Å². The lowest BCUT2D eigenvalue weighted by atomic mass is 9.89. The minimum absolute atomic E-state index is 0.706. The molecule has 98 valence electrons. The Balaban J connectivity index is 1.80. The van der Waals surface area contributed by atoms with E-state index < -0.39 is 0 Å². The van der Waals surface area contributed by atoms with Gasteiger partial charge < -0.3 is 5.32 Å². The standard InChI is InChI=1S/C16H19N3/c1-11-3-6-14(7-4-11)18-16-17-10-13-9-12(2)5-8-15(13)19-16/h3-4,6-7,10,12H,5,8-9H2,1-2H3,(H,17,18,19). The van der Waals surface area contributed by atoms with E-state index in [1.807, 2.05) is 6.20 Å². The van der Waals surface area contributed by atoms with E-state index in [-0.39, 0.29) is 0 Å². The summed E-state index contributed by atoms with van der Waals surface area (Å²) in [7, 11) is 0. The van der Waals surface area contributed by atoms with E-state index in [1.165, 1.54) is 23.2 Å². The fraction of sp³-hybridized carbons (Fsp3) is 0.375. The smallest absolute Gasteiger partial charge is 0.227 e. The third kappa shape index (κ3) is 2.75. The Morgan fingerprint density at radius 1 is 1.21 bits per heavy atom. The number of aromatic nitrogens is 2. The highest BCUT2D eigenvalue weighted by molar-refractivity contribution is 5.53. The summed E-state index contributed by atoms with van der Waals surface area (Å²) >= 11 is 0. The van der Waals surface area contributed by atoms with Crippen molar-refractivity contribution in [2.45, 2.75) is 33.1 Å². The molecular weight excluding hydrogens is 234 g/mol. The van der Waals surface area contributed by atoms with E-state index in [2.05, 4.69) is 53.4 Å². The molecule has 1 heterocycles. The zero-order valence-corrected chi connectivity index (χ0v) is 11.5. The Morgan fingerprint density at radius 3 is 2.79 bits per heavy atom. The van der Waals surface area contributed by atoms with Crippen molar-refractivity contribution in [1.29, 1.82) is 0 Å². The van der Waals surface area contributed by atoms with Crippen LogP contribution in [0, 0.1) is 12.8 Å². The molecule has 1 aliphatic rings. The first-order valence-electron chi connectivity index (χ1n) is 6.89. The number of benzene rings is 1. The molecule has 1 aromatic heterocycles. The quantitative estimate of drug-likeness (QED) is 0.887. The maximum Gasteiger partial charge on any atom is 0.227 e. The Morgan fingerprint density at radius 2 is 2.00 bits per heavy atom. The summed E-state index contributed by atoms with van der Waals surface area (Å²) in [6, 6.07) is 8.28. The average Bonchev–Trinajstić information content (AvgIpc) is 2.42. The van der Waals surface area contributed by atoms with Crippen LogP contribution in [0.4, 0.5) is 11.6 Å². The van der Waals surface area contributed by atoms with Crippen LogP contribution in [-0.2, 0) is 12.8 Å². The van der Waals surface area contributed by atoms with Crippen molar-refractivity contribution in [2.75, 3.05) is 5.32 Å². The molecule has 0 aliphatic heterocycles. The van der Waals surface area contributed by atoms with Crippen LogP contribution in [0.5, 0.6) is 0 Å². The molecular formula is C16H19N3. The summed E-state index contributed by atoms with van der Waals surface area (Å²) in [6.45, 7) is 4.38. The zero-order chi connectivity index (χ0) is 13.2. The van der Waals surface area contributed by atoms with Gasteiger partial charge in [0, 0.05) is 17.6 Å². The van der Waals surface area contributed by atoms with Gasteiger partial charge in [0.05, 0.1) is 0 Å². The number of aryl methyl sites for hydroxylation is 2. The Bertz CT molecular complexity index is 575. The second-order valence-corrected chi connectivity index (χ2v) is 5.50. The van der Waals surface area contributed by atoms with E-state index in [4.69, 9.17) is 0 Å². The molecule has 1 unspecified atom stereocenters. The number of rotatable bonds is 2. The molecule has 0 saturated heterocycles. The molecule has 2 aromatic rings. The second-order valence-electron chi connectivity index (χ2n) is 5.50. The Hall–Kier alpha value is -1.90. The van der Waals surface area contributed by atoms with Crippen molar-refractivity contribution in [3.05, 3.63) is 47.3 Å². The van der Waals surface area contributed by atoms with Crippen molar-refractivity contribution in [2.24, 2.45) is 5.92 Å². The van der Waals surface area contributed by atoms with Gasteiger partial charge in [-0.25, -0.2) is 9.97 Å². The van der Waals surface area contributed by atoms with Gasteiger partial charge in [-0.2, -0.15) is 0 Å². The van der Waals surface area contributed by atoms with Crippen LogP contribution in [0.15, 0.2) is 30.5 Å². The lowest BCUT2D eigenvalue weighted by molar-refractivity contribution is 0.492. The third-order valence-corrected chi connectivity index (χ3v) is 3.70. The molecule has 1 atom stereocenters. The highest BCUT2D eigenvalue weighted by atomic mass is 15.1.